The monoisotopic (exact) mass is 252 g/mol. The lowest BCUT2D eigenvalue weighted by Gasteiger charge is -2.31. The number of halogens is 2. The summed E-state index contributed by atoms with van der Waals surface area (Å²) in [5.74, 6) is 0. The molecule has 0 saturated carbocycles. The van der Waals surface area contributed by atoms with Crippen molar-refractivity contribution in [2.24, 2.45) is 0 Å². The van der Waals surface area contributed by atoms with E-state index >= 15 is 0 Å². The van der Waals surface area contributed by atoms with Gasteiger partial charge in [-0.05, 0) is 41.0 Å². The van der Waals surface area contributed by atoms with Gasteiger partial charge < -0.3 is 4.74 Å². The van der Waals surface area contributed by atoms with Gasteiger partial charge in [-0.2, -0.15) is 0 Å². The van der Waals surface area contributed by atoms with Gasteiger partial charge in [0.2, 0.25) is 0 Å². The molecular weight excluding hydrogens is 231 g/mol. The molecule has 0 aromatic rings. The summed E-state index contributed by atoms with van der Waals surface area (Å²) in [6.45, 7) is 13.8. The summed E-state index contributed by atoms with van der Waals surface area (Å²) in [7, 11) is 0. The van der Waals surface area contributed by atoms with Crippen LogP contribution in [0.1, 0.15) is 41.0 Å². The molecule has 0 aliphatic rings. The highest BCUT2D eigenvalue weighted by Gasteiger charge is 2.28. The smallest absolute Gasteiger partial charge is 0.0796 e. The molecular formula is C12H22Cl2O. The van der Waals surface area contributed by atoms with Crippen molar-refractivity contribution in [3.63, 3.8) is 0 Å². The predicted octanol–water partition coefficient (Wildman–Crippen LogP) is 4.37. The molecule has 3 atom stereocenters. The molecule has 1 nitrogen and oxygen atoms in total. The Morgan fingerprint density at radius 3 is 2.07 bits per heavy atom. The fourth-order valence-electron chi connectivity index (χ4n) is 1.31. The highest BCUT2D eigenvalue weighted by molar-refractivity contribution is 6.30. The first-order valence-electron chi connectivity index (χ1n) is 5.24. The lowest BCUT2D eigenvalue weighted by Crippen LogP contribution is -2.37. The second-order valence-corrected chi connectivity index (χ2v) is 6.24. The van der Waals surface area contributed by atoms with Crippen molar-refractivity contribution in [3.8, 4) is 0 Å². The van der Waals surface area contributed by atoms with E-state index in [-0.39, 0.29) is 22.5 Å². The van der Waals surface area contributed by atoms with Crippen LogP contribution in [0, 0.1) is 0 Å². The number of hydrogen-bond acceptors (Lipinski definition) is 1. The number of hydrogen-bond donors (Lipinski definition) is 0. The maximum absolute atomic E-state index is 6.23. The van der Waals surface area contributed by atoms with Crippen LogP contribution in [-0.2, 0) is 4.74 Å². The average Bonchev–Trinajstić information content (AvgIpc) is 1.97. The average molecular weight is 253 g/mol. The Morgan fingerprint density at radius 1 is 1.33 bits per heavy atom. The summed E-state index contributed by atoms with van der Waals surface area (Å²) in [4.78, 5) is 0. The lowest BCUT2D eigenvalue weighted by molar-refractivity contribution is -0.0602. The van der Waals surface area contributed by atoms with E-state index < -0.39 is 0 Å². The minimum atomic E-state index is -0.209. The maximum Gasteiger partial charge on any atom is 0.0796 e. The third kappa shape index (κ3) is 7.21. The second-order valence-electron chi connectivity index (χ2n) is 5.05. The summed E-state index contributed by atoms with van der Waals surface area (Å²) < 4.78 is 5.89. The third-order valence-electron chi connectivity index (χ3n) is 1.85. The van der Waals surface area contributed by atoms with Gasteiger partial charge in [0.15, 0.2) is 0 Å². The van der Waals surface area contributed by atoms with Gasteiger partial charge >= 0.3 is 0 Å². The molecule has 15 heavy (non-hydrogen) atoms. The topological polar surface area (TPSA) is 9.23 Å². The Kier molecular flexibility index (Phi) is 6.24. The lowest BCUT2D eigenvalue weighted by atomic mass is 10.0. The molecule has 0 radical (unpaired) electrons. The SMILES string of the molecule is C=C(C)C[C@H](OC(C)(C)C)[C@H](Cl)[C@H](C)Cl. The summed E-state index contributed by atoms with van der Waals surface area (Å²) in [5, 5.41) is -0.305. The predicted molar refractivity (Wildman–Crippen MR) is 69.0 cm³/mol. The van der Waals surface area contributed by atoms with E-state index in [2.05, 4.69) is 6.58 Å². The van der Waals surface area contributed by atoms with Gasteiger partial charge in [0.25, 0.3) is 0 Å². The van der Waals surface area contributed by atoms with Crippen LogP contribution in [-0.4, -0.2) is 22.5 Å². The summed E-state index contributed by atoms with van der Waals surface area (Å²) in [5.41, 5.74) is 0.853. The van der Waals surface area contributed by atoms with Crippen molar-refractivity contribution in [1.29, 1.82) is 0 Å². The molecule has 0 spiro atoms. The minimum Gasteiger partial charge on any atom is -0.371 e. The Labute approximate surface area is 104 Å². The number of rotatable bonds is 5. The first-order chi connectivity index (χ1) is 6.63. The van der Waals surface area contributed by atoms with Crippen LogP contribution in [0.15, 0.2) is 12.2 Å². The molecule has 0 fully saturated rings. The molecule has 0 amide bonds. The van der Waals surface area contributed by atoms with Gasteiger partial charge in [-0.25, -0.2) is 0 Å². The van der Waals surface area contributed by atoms with Crippen molar-refractivity contribution in [3.05, 3.63) is 12.2 Å². The fourth-order valence-corrected chi connectivity index (χ4v) is 1.62. The zero-order valence-corrected chi connectivity index (χ0v) is 11.8. The molecule has 0 aliphatic carbocycles. The minimum absolute atomic E-state index is 0.0725. The van der Waals surface area contributed by atoms with Crippen LogP contribution in [0.25, 0.3) is 0 Å². The molecule has 0 saturated heterocycles. The normalized spacial score (nSPS) is 18.3. The van der Waals surface area contributed by atoms with E-state index in [1.54, 1.807) is 0 Å². The molecule has 0 aromatic carbocycles. The van der Waals surface area contributed by atoms with Crippen molar-refractivity contribution >= 4 is 23.2 Å². The quantitative estimate of drug-likeness (QED) is 0.522. The highest BCUT2D eigenvalue weighted by atomic mass is 35.5. The van der Waals surface area contributed by atoms with Crippen LogP contribution < -0.4 is 0 Å². The van der Waals surface area contributed by atoms with E-state index in [4.69, 9.17) is 27.9 Å². The van der Waals surface area contributed by atoms with E-state index in [0.29, 0.717) is 0 Å². The molecule has 0 heterocycles. The van der Waals surface area contributed by atoms with E-state index in [0.717, 1.165) is 12.0 Å². The molecule has 0 aliphatic heterocycles. The number of alkyl halides is 2. The molecule has 0 unspecified atom stereocenters. The highest BCUT2D eigenvalue weighted by Crippen LogP contribution is 2.25. The van der Waals surface area contributed by atoms with Gasteiger partial charge in [-0.1, -0.05) is 5.57 Å². The van der Waals surface area contributed by atoms with Crippen molar-refractivity contribution < 1.29 is 4.74 Å². The first kappa shape index (κ1) is 15.3. The zero-order valence-electron chi connectivity index (χ0n) is 10.3. The molecule has 3 heteroatoms. The van der Waals surface area contributed by atoms with Crippen molar-refractivity contribution in [2.75, 3.05) is 0 Å². The Bertz CT molecular complexity index is 206. The third-order valence-corrected chi connectivity index (χ3v) is 2.91. The summed E-state index contributed by atoms with van der Waals surface area (Å²) in [6.07, 6.45) is 0.680. The van der Waals surface area contributed by atoms with Crippen LogP contribution in [0.2, 0.25) is 0 Å². The van der Waals surface area contributed by atoms with Gasteiger partial charge in [-0.15, -0.1) is 29.8 Å². The van der Waals surface area contributed by atoms with Gasteiger partial charge in [0, 0.05) is 5.38 Å². The van der Waals surface area contributed by atoms with Crippen molar-refractivity contribution in [1.82, 2.24) is 0 Å². The molecule has 0 aromatic heterocycles. The fraction of sp³-hybridized carbons (Fsp3) is 0.833. The van der Waals surface area contributed by atoms with E-state index in [1.807, 2.05) is 34.6 Å². The Balaban J connectivity index is 4.51. The van der Waals surface area contributed by atoms with E-state index in [9.17, 15) is 0 Å². The van der Waals surface area contributed by atoms with Crippen LogP contribution in [0.3, 0.4) is 0 Å². The maximum atomic E-state index is 6.23. The van der Waals surface area contributed by atoms with Crippen molar-refractivity contribution in [2.45, 2.75) is 63.5 Å². The Morgan fingerprint density at radius 2 is 1.80 bits per heavy atom. The summed E-state index contributed by atoms with van der Waals surface area (Å²) >= 11 is 12.2. The van der Waals surface area contributed by atoms with Crippen LogP contribution in [0.4, 0.5) is 0 Å². The summed E-state index contributed by atoms with van der Waals surface area (Å²) in [6, 6.07) is 0. The van der Waals surface area contributed by atoms with Crippen LogP contribution in [0.5, 0.6) is 0 Å². The second kappa shape index (κ2) is 6.12. The zero-order chi connectivity index (χ0) is 12.2. The van der Waals surface area contributed by atoms with Gasteiger partial charge in [0.1, 0.15) is 0 Å². The van der Waals surface area contributed by atoms with E-state index in [1.165, 1.54) is 0 Å². The molecule has 90 valence electrons. The number of ether oxygens (including phenoxy) is 1. The Hall–Kier alpha value is 0.280. The molecule has 0 N–H and O–H groups in total. The standard InChI is InChI=1S/C12H22Cl2O/c1-8(2)7-10(11(14)9(3)13)15-12(4,5)6/h9-11H,1,7H2,2-6H3/t9-,10-,11+/m0/s1. The van der Waals surface area contributed by atoms with Gasteiger partial charge in [-0.3, -0.25) is 0 Å². The molecule has 0 rings (SSSR count). The van der Waals surface area contributed by atoms with Crippen LogP contribution >= 0.6 is 23.2 Å². The van der Waals surface area contributed by atoms with Gasteiger partial charge in [0.05, 0.1) is 17.1 Å². The molecule has 0 bridgehead atoms. The largest absolute Gasteiger partial charge is 0.371 e. The first-order valence-corrected chi connectivity index (χ1v) is 6.11.